The maximum atomic E-state index is 11.7. The van der Waals surface area contributed by atoms with Crippen molar-refractivity contribution in [2.75, 3.05) is 58.5 Å². The second-order valence-electron chi connectivity index (χ2n) is 11.5. The minimum atomic E-state index is -0.169. The maximum absolute atomic E-state index is 11.7. The fourth-order valence-electron chi connectivity index (χ4n) is 6.10. The summed E-state index contributed by atoms with van der Waals surface area (Å²) in [6.07, 6.45) is 4.49. The number of rotatable bonds is 15. The molecule has 3 aromatic rings. The van der Waals surface area contributed by atoms with Crippen molar-refractivity contribution in [1.82, 2.24) is 5.32 Å². The van der Waals surface area contributed by atoms with E-state index in [9.17, 15) is 4.79 Å². The number of nitrogens with zero attached hydrogens (tertiary/aromatic N) is 1. The average Bonchev–Trinajstić information content (AvgIpc) is 3.08. The van der Waals surface area contributed by atoms with Crippen molar-refractivity contribution in [2.45, 2.75) is 57.3 Å². The third kappa shape index (κ3) is 8.74. The number of ether oxygens (including phenoxy) is 5. The summed E-state index contributed by atoms with van der Waals surface area (Å²) in [7, 11) is 3.12. The first-order chi connectivity index (χ1) is 21.6. The van der Waals surface area contributed by atoms with Crippen molar-refractivity contribution >= 4 is 11.7 Å². The number of fused-ring (bicyclic) bond motifs is 1. The zero-order valence-corrected chi connectivity index (χ0v) is 26.1. The maximum Gasteiger partial charge on any atom is 0.307 e. The van der Waals surface area contributed by atoms with E-state index in [0.717, 1.165) is 67.9 Å². The van der Waals surface area contributed by atoms with Gasteiger partial charge in [-0.05, 0) is 66.8 Å². The van der Waals surface area contributed by atoms with Crippen LogP contribution in [0.4, 0.5) is 5.69 Å². The molecule has 44 heavy (non-hydrogen) atoms. The van der Waals surface area contributed by atoms with E-state index in [0.29, 0.717) is 45.3 Å². The third-order valence-electron chi connectivity index (χ3n) is 8.53. The molecule has 0 bridgehead atoms. The van der Waals surface area contributed by atoms with Gasteiger partial charge >= 0.3 is 5.97 Å². The molecule has 0 radical (unpaired) electrons. The molecule has 8 nitrogen and oxygen atoms in total. The lowest BCUT2D eigenvalue weighted by molar-refractivity contribution is -0.140. The second kappa shape index (κ2) is 16.5. The molecule has 1 N–H and O–H groups in total. The van der Waals surface area contributed by atoms with Crippen molar-refractivity contribution in [1.29, 1.82) is 0 Å². The topological polar surface area (TPSA) is 78.5 Å². The molecule has 0 amide bonds. The SMILES string of the molecule is COC(=O)CCN1CCCc2ccc(CO[C@H]3CNCC[C@@H]3c3ccc(OCCCOCc4ccccc4OC)cc3)cc21. The molecule has 0 saturated carbocycles. The van der Waals surface area contributed by atoms with Crippen LogP contribution < -0.4 is 19.7 Å². The summed E-state index contributed by atoms with van der Waals surface area (Å²) in [4.78, 5) is 14.0. The quantitative estimate of drug-likeness (QED) is 0.176. The number of hydrogen-bond acceptors (Lipinski definition) is 8. The molecule has 0 unspecified atom stereocenters. The largest absolute Gasteiger partial charge is 0.496 e. The minimum absolute atomic E-state index is 0.0855. The number of anilines is 1. The van der Waals surface area contributed by atoms with Gasteiger partial charge in [0.05, 0.1) is 53.2 Å². The highest BCUT2D eigenvalue weighted by atomic mass is 16.5. The molecule has 0 aromatic heterocycles. The summed E-state index contributed by atoms with van der Waals surface area (Å²) in [6.45, 7) is 5.75. The Morgan fingerprint density at radius 2 is 1.86 bits per heavy atom. The van der Waals surface area contributed by atoms with E-state index in [1.165, 1.54) is 23.9 Å². The summed E-state index contributed by atoms with van der Waals surface area (Å²) in [5, 5.41) is 3.51. The van der Waals surface area contributed by atoms with Crippen LogP contribution in [0, 0.1) is 0 Å². The number of carbonyl (C=O) groups is 1. The number of aryl methyl sites for hydroxylation is 1. The molecular weight excluding hydrogens is 556 g/mol. The summed E-state index contributed by atoms with van der Waals surface area (Å²) >= 11 is 0. The van der Waals surface area contributed by atoms with E-state index in [1.54, 1.807) is 7.11 Å². The van der Waals surface area contributed by atoms with Crippen LogP contribution in [0.25, 0.3) is 0 Å². The lowest BCUT2D eigenvalue weighted by Crippen LogP contribution is -2.41. The number of esters is 1. The zero-order valence-electron chi connectivity index (χ0n) is 26.1. The van der Waals surface area contributed by atoms with Crippen LogP contribution in [0.3, 0.4) is 0 Å². The molecule has 5 rings (SSSR count). The van der Waals surface area contributed by atoms with Gasteiger partial charge in [0.2, 0.25) is 0 Å². The average molecular weight is 603 g/mol. The number of hydrogen-bond donors (Lipinski definition) is 1. The first-order valence-electron chi connectivity index (χ1n) is 15.8. The Morgan fingerprint density at radius 1 is 1.00 bits per heavy atom. The van der Waals surface area contributed by atoms with E-state index >= 15 is 0 Å². The van der Waals surface area contributed by atoms with E-state index in [2.05, 4.69) is 52.7 Å². The van der Waals surface area contributed by atoms with E-state index in [-0.39, 0.29) is 12.1 Å². The molecule has 1 fully saturated rings. The summed E-state index contributed by atoms with van der Waals surface area (Å²) < 4.78 is 28.6. The molecule has 8 heteroatoms. The highest BCUT2D eigenvalue weighted by Crippen LogP contribution is 2.32. The first-order valence-corrected chi connectivity index (χ1v) is 15.8. The number of nitrogens with one attached hydrogen (secondary N) is 1. The van der Waals surface area contributed by atoms with Gasteiger partial charge in [-0.1, -0.05) is 42.5 Å². The molecule has 2 aliphatic rings. The number of methoxy groups -OCH3 is 2. The molecule has 3 aromatic carbocycles. The molecule has 2 atom stereocenters. The van der Waals surface area contributed by atoms with Crippen LogP contribution >= 0.6 is 0 Å². The van der Waals surface area contributed by atoms with Crippen LogP contribution in [0.15, 0.2) is 66.7 Å². The van der Waals surface area contributed by atoms with Gasteiger partial charge in [-0.25, -0.2) is 0 Å². The lowest BCUT2D eigenvalue weighted by atomic mass is 9.87. The van der Waals surface area contributed by atoms with Crippen LogP contribution in [0.5, 0.6) is 11.5 Å². The fraction of sp³-hybridized carbons (Fsp3) is 0.472. The van der Waals surface area contributed by atoms with Crippen LogP contribution in [-0.4, -0.2) is 65.7 Å². The van der Waals surface area contributed by atoms with Gasteiger partial charge in [-0.3, -0.25) is 4.79 Å². The van der Waals surface area contributed by atoms with Crippen LogP contribution in [0.1, 0.15) is 53.9 Å². The second-order valence-corrected chi connectivity index (χ2v) is 11.5. The molecule has 0 aliphatic carbocycles. The monoisotopic (exact) mass is 602 g/mol. The van der Waals surface area contributed by atoms with Gasteiger partial charge in [-0.2, -0.15) is 0 Å². The van der Waals surface area contributed by atoms with Gasteiger partial charge in [0, 0.05) is 43.2 Å². The van der Waals surface area contributed by atoms with Crippen molar-refractivity contribution in [2.24, 2.45) is 0 Å². The standard InChI is InChI=1S/C36H46N2O6/c1-40-34-9-4-3-7-30(34)26-42-21-6-22-43-31-14-12-28(13-15-31)32-16-18-37-24-35(32)44-25-27-10-11-29-8-5-19-38(33(29)23-27)20-17-36(39)41-2/h3-4,7,9-15,23,32,35,37H,5-6,8,16-22,24-26H2,1-2H3/t32-,35+/m1/s1. The number of para-hydroxylation sites is 1. The van der Waals surface area contributed by atoms with E-state index in [4.69, 9.17) is 23.7 Å². The Kier molecular flexibility index (Phi) is 11.9. The number of benzene rings is 3. The predicted octanol–water partition coefficient (Wildman–Crippen LogP) is 5.66. The Hall–Kier alpha value is -3.59. The van der Waals surface area contributed by atoms with Gasteiger partial charge < -0.3 is 33.9 Å². The normalized spacial score (nSPS) is 18.0. The third-order valence-corrected chi connectivity index (χ3v) is 8.53. The highest BCUT2D eigenvalue weighted by molar-refractivity contribution is 5.70. The molecule has 1 saturated heterocycles. The molecule has 2 aliphatic heterocycles. The van der Waals surface area contributed by atoms with Gasteiger partial charge in [0.1, 0.15) is 11.5 Å². The van der Waals surface area contributed by atoms with Crippen LogP contribution in [0.2, 0.25) is 0 Å². The fourth-order valence-corrected chi connectivity index (χ4v) is 6.10. The van der Waals surface area contributed by atoms with Gasteiger partial charge in [-0.15, -0.1) is 0 Å². The predicted molar refractivity (Wildman–Crippen MR) is 172 cm³/mol. The summed E-state index contributed by atoms with van der Waals surface area (Å²) in [6, 6.07) is 23.1. The smallest absolute Gasteiger partial charge is 0.307 e. The highest BCUT2D eigenvalue weighted by Gasteiger charge is 2.27. The van der Waals surface area contributed by atoms with E-state index in [1.807, 2.05) is 24.3 Å². The minimum Gasteiger partial charge on any atom is -0.496 e. The molecule has 2 heterocycles. The molecule has 236 valence electrons. The Labute approximate surface area is 261 Å². The Morgan fingerprint density at radius 3 is 2.70 bits per heavy atom. The Balaban J connectivity index is 1.09. The summed E-state index contributed by atoms with van der Waals surface area (Å²) in [5.74, 6) is 1.88. The zero-order chi connectivity index (χ0) is 30.6. The number of carbonyl (C=O) groups excluding carboxylic acids is 1. The van der Waals surface area contributed by atoms with Crippen molar-refractivity contribution in [3.63, 3.8) is 0 Å². The molecule has 0 spiro atoms. The number of piperidine rings is 1. The van der Waals surface area contributed by atoms with E-state index < -0.39 is 0 Å². The van der Waals surface area contributed by atoms with Gasteiger partial charge in [0.25, 0.3) is 0 Å². The first kappa shape index (κ1) is 31.8. The van der Waals surface area contributed by atoms with Crippen LogP contribution in [-0.2, 0) is 38.6 Å². The molecular formula is C36H46N2O6. The lowest BCUT2D eigenvalue weighted by Gasteiger charge is -2.33. The van der Waals surface area contributed by atoms with Crippen molar-refractivity contribution < 1.29 is 28.5 Å². The Bertz CT molecular complexity index is 1330. The summed E-state index contributed by atoms with van der Waals surface area (Å²) in [5.41, 5.74) is 6.05. The van der Waals surface area contributed by atoms with Crippen molar-refractivity contribution in [3.8, 4) is 11.5 Å². The van der Waals surface area contributed by atoms with Crippen molar-refractivity contribution in [3.05, 3.63) is 89.0 Å². The van der Waals surface area contributed by atoms with Gasteiger partial charge in [0.15, 0.2) is 0 Å².